The maximum absolute atomic E-state index is 13.6. The van der Waals surface area contributed by atoms with Crippen molar-refractivity contribution < 1.29 is 35.8 Å². The Balaban J connectivity index is 2.92. The van der Waals surface area contributed by atoms with Crippen molar-refractivity contribution >= 4 is 21.2 Å². The Hall–Kier alpha value is -3.09. The zero-order valence-electron chi connectivity index (χ0n) is 11.6. The molecule has 0 amide bonds. The molecule has 0 aliphatic heterocycles. The molecule has 25 heavy (non-hydrogen) atoms. The fraction of sp³-hybridized carbons (Fsp3) is 0. The van der Waals surface area contributed by atoms with Crippen LogP contribution in [-0.4, -0.2) is 18.3 Å². The Labute approximate surface area is 135 Å². The molecule has 0 bridgehead atoms. The van der Waals surface area contributed by atoms with Gasteiger partial charge in [0.15, 0.2) is 21.4 Å². The minimum atomic E-state index is -5.27. The molecular formula is C12H4F4N2O6S. The van der Waals surface area contributed by atoms with Crippen LogP contribution in [0.5, 0.6) is 0 Å². The second-order valence-corrected chi connectivity index (χ2v) is 6.32. The molecule has 0 unspecified atom stereocenters. The van der Waals surface area contributed by atoms with Crippen LogP contribution in [0.1, 0.15) is 0 Å². The lowest BCUT2D eigenvalue weighted by Crippen LogP contribution is -2.12. The van der Waals surface area contributed by atoms with Gasteiger partial charge in [-0.1, -0.05) is 0 Å². The molecule has 0 atom stereocenters. The van der Waals surface area contributed by atoms with Gasteiger partial charge in [-0.3, -0.25) is 20.2 Å². The highest BCUT2D eigenvalue weighted by Gasteiger charge is 2.39. The number of halogens is 4. The Morgan fingerprint density at radius 3 is 1.32 bits per heavy atom. The highest BCUT2D eigenvalue weighted by Crippen LogP contribution is 2.37. The summed E-state index contributed by atoms with van der Waals surface area (Å²) in [6.07, 6.45) is 0. The number of benzene rings is 2. The number of nitro benzene ring substituents is 2. The van der Waals surface area contributed by atoms with E-state index in [2.05, 4.69) is 0 Å². The molecule has 0 aromatic heterocycles. The van der Waals surface area contributed by atoms with Crippen LogP contribution in [0.3, 0.4) is 0 Å². The molecule has 8 nitrogen and oxygen atoms in total. The first-order chi connectivity index (χ1) is 11.5. The van der Waals surface area contributed by atoms with E-state index < -0.39 is 64.1 Å². The van der Waals surface area contributed by atoms with Gasteiger partial charge < -0.3 is 0 Å². The van der Waals surface area contributed by atoms with Crippen LogP contribution in [0, 0.1) is 43.5 Å². The summed E-state index contributed by atoms with van der Waals surface area (Å²) >= 11 is 0. The number of nitro groups is 2. The topological polar surface area (TPSA) is 120 Å². The van der Waals surface area contributed by atoms with Crippen molar-refractivity contribution in [1.29, 1.82) is 0 Å². The molecule has 132 valence electrons. The maximum Gasteiger partial charge on any atom is 0.326 e. The van der Waals surface area contributed by atoms with Gasteiger partial charge in [0.25, 0.3) is 0 Å². The lowest BCUT2D eigenvalue weighted by molar-refractivity contribution is -0.391. The Kier molecular flexibility index (Phi) is 4.44. The minimum Gasteiger partial charge on any atom is -0.258 e. The summed E-state index contributed by atoms with van der Waals surface area (Å²) in [5.74, 6) is -7.75. The van der Waals surface area contributed by atoms with E-state index >= 15 is 0 Å². The summed E-state index contributed by atoms with van der Waals surface area (Å²) in [5, 5.41) is 21.8. The first kappa shape index (κ1) is 18.3. The predicted octanol–water partition coefficient (Wildman–Crippen LogP) is 2.89. The molecule has 2 aromatic carbocycles. The van der Waals surface area contributed by atoms with E-state index in [1.165, 1.54) is 0 Å². The van der Waals surface area contributed by atoms with Crippen molar-refractivity contribution in [3.8, 4) is 0 Å². The van der Waals surface area contributed by atoms with Gasteiger partial charge in [-0.2, -0.15) is 8.78 Å². The summed E-state index contributed by atoms with van der Waals surface area (Å²) in [7, 11) is -5.27. The van der Waals surface area contributed by atoms with E-state index in [0.717, 1.165) is 0 Å². The van der Waals surface area contributed by atoms with Gasteiger partial charge in [0.05, 0.1) is 9.85 Å². The molecule has 2 rings (SSSR count). The van der Waals surface area contributed by atoms with Crippen LogP contribution in [-0.2, 0) is 9.84 Å². The van der Waals surface area contributed by atoms with E-state index in [-0.39, 0.29) is 24.3 Å². The second kappa shape index (κ2) is 6.08. The molecule has 0 saturated heterocycles. The normalized spacial score (nSPS) is 11.4. The third-order valence-corrected chi connectivity index (χ3v) is 4.83. The number of sulfone groups is 1. The largest absolute Gasteiger partial charge is 0.326 e. The third kappa shape index (κ3) is 2.88. The van der Waals surface area contributed by atoms with Gasteiger partial charge in [0.1, 0.15) is 0 Å². The molecule has 2 aromatic rings. The molecule has 0 aliphatic carbocycles. The molecule has 0 N–H and O–H groups in total. The lowest BCUT2D eigenvalue weighted by Gasteiger charge is -2.08. The van der Waals surface area contributed by atoms with Gasteiger partial charge in [-0.05, 0) is 24.3 Å². The third-order valence-electron chi connectivity index (χ3n) is 3.01. The number of hydrogen-bond acceptors (Lipinski definition) is 6. The SMILES string of the molecule is O=[N+]([O-])c1c(S(=O)(=O)c2ccc(F)c(F)c2[N+](=O)[O-])ccc(F)c1F. The van der Waals surface area contributed by atoms with Crippen molar-refractivity contribution in [2.24, 2.45) is 0 Å². The van der Waals surface area contributed by atoms with Crippen LogP contribution in [0.2, 0.25) is 0 Å². The van der Waals surface area contributed by atoms with E-state index in [1.54, 1.807) is 0 Å². The smallest absolute Gasteiger partial charge is 0.258 e. The van der Waals surface area contributed by atoms with Crippen molar-refractivity contribution in [3.63, 3.8) is 0 Å². The average Bonchev–Trinajstić information content (AvgIpc) is 2.51. The van der Waals surface area contributed by atoms with E-state index in [9.17, 15) is 46.2 Å². The van der Waals surface area contributed by atoms with Gasteiger partial charge in [-0.25, -0.2) is 17.2 Å². The van der Waals surface area contributed by atoms with E-state index in [0.29, 0.717) is 0 Å². The molecular weight excluding hydrogens is 376 g/mol. The lowest BCUT2D eigenvalue weighted by atomic mass is 10.3. The highest BCUT2D eigenvalue weighted by molar-refractivity contribution is 7.91. The number of hydrogen-bond donors (Lipinski definition) is 0. The second-order valence-electron chi connectivity index (χ2n) is 4.43. The van der Waals surface area contributed by atoms with Crippen molar-refractivity contribution in [1.82, 2.24) is 0 Å². The predicted molar refractivity (Wildman–Crippen MR) is 71.5 cm³/mol. The molecule has 0 spiro atoms. The summed E-state index contributed by atoms with van der Waals surface area (Å²) in [6.45, 7) is 0. The Morgan fingerprint density at radius 1 is 0.720 bits per heavy atom. The first-order valence-corrected chi connectivity index (χ1v) is 7.48. The minimum absolute atomic E-state index is 0.237. The average molecular weight is 380 g/mol. The molecule has 0 aliphatic rings. The standard InChI is InChI=1S/C12H4F4N2O6S/c13-5-1-3-7(11(9(5)15)17(19)20)25(23,24)8-4-2-6(14)10(16)12(8)18(21)22/h1-4H. The molecule has 0 heterocycles. The van der Waals surface area contributed by atoms with Crippen LogP contribution >= 0.6 is 0 Å². The van der Waals surface area contributed by atoms with Crippen LogP contribution < -0.4 is 0 Å². The number of rotatable bonds is 4. The summed E-state index contributed by atoms with van der Waals surface area (Å²) in [5.41, 5.74) is -3.64. The quantitative estimate of drug-likeness (QED) is 0.348. The fourth-order valence-corrected chi connectivity index (χ4v) is 3.51. The van der Waals surface area contributed by atoms with E-state index in [1.807, 2.05) is 0 Å². The van der Waals surface area contributed by atoms with Crippen molar-refractivity contribution in [2.75, 3.05) is 0 Å². The van der Waals surface area contributed by atoms with Gasteiger partial charge in [-0.15, -0.1) is 0 Å². The van der Waals surface area contributed by atoms with Gasteiger partial charge >= 0.3 is 11.4 Å². The summed E-state index contributed by atoms with van der Waals surface area (Å²) in [4.78, 5) is 15.7. The van der Waals surface area contributed by atoms with Gasteiger partial charge in [0.2, 0.25) is 21.5 Å². The molecule has 0 fully saturated rings. The van der Waals surface area contributed by atoms with Crippen LogP contribution in [0.25, 0.3) is 0 Å². The number of nitrogens with zero attached hydrogens (tertiary/aromatic N) is 2. The van der Waals surface area contributed by atoms with Crippen molar-refractivity contribution in [3.05, 3.63) is 67.8 Å². The Morgan fingerprint density at radius 2 is 1.04 bits per heavy atom. The maximum atomic E-state index is 13.6. The molecule has 0 saturated carbocycles. The summed E-state index contributed by atoms with van der Waals surface area (Å²) in [6, 6.07) is 1.05. The molecule has 13 heteroatoms. The Bertz CT molecular complexity index is 949. The monoisotopic (exact) mass is 380 g/mol. The van der Waals surface area contributed by atoms with Crippen LogP contribution in [0.4, 0.5) is 28.9 Å². The summed E-state index contributed by atoms with van der Waals surface area (Å²) < 4.78 is 78.4. The zero-order chi connectivity index (χ0) is 19.1. The fourth-order valence-electron chi connectivity index (χ4n) is 1.94. The van der Waals surface area contributed by atoms with Crippen molar-refractivity contribution in [2.45, 2.75) is 9.79 Å². The first-order valence-electron chi connectivity index (χ1n) is 6.00. The van der Waals surface area contributed by atoms with Gasteiger partial charge in [0, 0.05) is 0 Å². The zero-order valence-corrected chi connectivity index (χ0v) is 12.4. The van der Waals surface area contributed by atoms with Crippen LogP contribution in [0.15, 0.2) is 34.1 Å². The molecule has 0 radical (unpaired) electrons. The van der Waals surface area contributed by atoms with E-state index in [4.69, 9.17) is 0 Å². The highest BCUT2D eigenvalue weighted by atomic mass is 32.2.